The first-order valence-corrected chi connectivity index (χ1v) is 7.23. The van der Waals surface area contributed by atoms with Crippen molar-refractivity contribution in [3.8, 4) is 11.5 Å². The Hall–Kier alpha value is -3.09. The molecule has 7 nitrogen and oxygen atoms in total. The highest BCUT2D eigenvalue weighted by Gasteiger charge is 2.22. The minimum atomic E-state index is -0.723. The maximum absolute atomic E-state index is 12.6. The zero-order chi connectivity index (χ0) is 17.9. The Bertz CT molecular complexity index is 758. The van der Waals surface area contributed by atoms with E-state index in [2.05, 4.69) is 0 Å². The maximum Gasteiger partial charge on any atom is 0.311 e. The Balaban J connectivity index is 2.24. The molecule has 2 aromatic rings. The van der Waals surface area contributed by atoms with Gasteiger partial charge in [0.1, 0.15) is 5.75 Å². The summed E-state index contributed by atoms with van der Waals surface area (Å²) in [6.45, 7) is 1.86. The minimum Gasteiger partial charge on any atom is -0.502 e. The second kappa shape index (κ2) is 6.99. The molecule has 7 heteroatoms. The number of carbonyl (C=O) groups is 1. The molecule has 0 unspecified atom stereocenters. The van der Waals surface area contributed by atoms with Gasteiger partial charge in [-0.2, -0.15) is 0 Å². The molecule has 0 fully saturated rings. The molecular formula is C17H18N2O5. The van der Waals surface area contributed by atoms with E-state index in [1.54, 1.807) is 26.3 Å². The number of ether oxygens (including phenoxy) is 1. The van der Waals surface area contributed by atoms with Crippen molar-refractivity contribution in [3.05, 3.63) is 63.7 Å². The smallest absolute Gasteiger partial charge is 0.311 e. The van der Waals surface area contributed by atoms with E-state index in [4.69, 9.17) is 4.74 Å². The number of benzene rings is 2. The zero-order valence-corrected chi connectivity index (χ0v) is 13.6. The van der Waals surface area contributed by atoms with E-state index in [-0.39, 0.29) is 17.5 Å². The van der Waals surface area contributed by atoms with Crippen LogP contribution in [0.5, 0.6) is 11.5 Å². The Morgan fingerprint density at radius 3 is 2.42 bits per heavy atom. The molecule has 1 atom stereocenters. The molecule has 0 saturated carbocycles. The van der Waals surface area contributed by atoms with Crippen LogP contribution in [0, 0.1) is 10.1 Å². The van der Waals surface area contributed by atoms with Gasteiger partial charge in [0.2, 0.25) is 0 Å². The summed E-state index contributed by atoms with van der Waals surface area (Å²) in [5.41, 5.74) is 0.550. The number of hydrogen-bond acceptors (Lipinski definition) is 5. The van der Waals surface area contributed by atoms with Crippen molar-refractivity contribution < 1.29 is 19.6 Å². The summed E-state index contributed by atoms with van der Waals surface area (Å²) in [5, 5.41) is 20.4. The summed E-state index contributed by atoms with van der Waals surface area (Å²) >= 11 is 0. The molecule has 2 aromatic carbocycles. The molecular weight excluding hydrogens is 312 g/mol. The maximum atomic E-state index is 12.6. The van der Waals surface area contributed by atoms with Gasteiger partial charge in [0.15, 0.2) is 5.75 Å². The molecule has 0 spiro atoms. The monoisotopic (exact) mass is 330 g/mol. The van der Waals surface area contributed by atoms with Gasteiger partial charge in [-0.25, -0.2) is 0 Å². The summed E-state index contributed by atoms with van der Waals surface area (Å²) in [7, 11) is 3.20. The number of phenols is 1. The van der Waals surface area contributed by atoms with E-state index >= 15 is 0 Å². The number of aromatic hydroxyl groups is 1. The van der Waals surface area contributed by atoms with Crippen molar-refractivity contribution in [2.24, 2.45) is 0 Å². The van der Waals surface area contributed by atoms with E-state index in [1.807, 2.05) is 19.1 Å². The lowest BCUT2D eigenvalue weighted by molar-refractivity contribution is -0.385. The highest BCUT2D eigenvalue weighted by atomic mass is 16.6. The third-order valence-corrected chi connectivity index (χ3v) is 3.92. The van der Waals surface area contributed by atoms with Crippen LogP contribution in [0.2, 0.25) is 0 Å². The third-order valence-electron chi connectivity index (χ3n) is 3.92. The van der Waals surface area contributed by atoms with Crippen LogP contribution in [0.25, 0.3) is 0 Å². The number of methoxy groups -OCH3 is 1. The van der Waals surface area contributed by atoms with Crippen molar-refractivity contribution in [1.29, 1.82) is 0 Å². The molecule has 1 amide bonds. The van der Waals surface area contributed by atoms with Crippen LogP contribution in [-0.4, -0.2) is 35.0 Å². The fourth-order valence-corrected chi connectivity index (χ4v) is 2.29. The van der Waals surface area contributed by atoms with Crippen LogP contribution in [0.3, 0.4) is 0 Å². The summed E-state index contributed by atoms with van der Waals surface area (Å²) in [6, 6.07) is 10.7. The van der Waals surface area contributed by atoms with Crippen LogP contribution in [0.15, 0.2) is 42.5 Å². The van der Waals surface area contributed by atoms with Gasteiger partial charge in [-0.15, -0.1) is 0 Å². The highest BCUT2D eigenvalue weighted by molar-refractivity contribution is 5.95. The average molecular weight is 330 g/mol. The second-order valence-electron chi connectivity index (χ2n) is 5.33. The molecule has 0 saturated heterocycles. The quantitative estimate of drug-likeness (QED) is 0.671. The first-order valence-electron chi connectivity index (χ1n) is 7.23. The van der Waals surface area contributed by atoms with E-state index < -0.39 is 16.4 Å². The molecule has 0 aromatic heterocycles. The number of nitro benzene ring substituents is 1. The fraction of sp³-hybridized carbons (Fsp3) is 0.235. The van der Waals surface area contributed by atoms with Crippen LogP contribution in [0.1, 0.15) is 28.9 Å². The highest BCUT2D eigenvalue weighted by Crippen LogP contribution is 2.28. The number of rotatable bonds is 5. The van der Waals surface area contributed by atoms with Crippen LogP contribution in [-0.2, 0) is 0 Å². The predicted octanol–water partition coefficient (Wildman–Crippen LogP) is 3.14. The standard InChI is InChI=1S/C17H18N2O5/c1-11(12-4-7-14(24-3)8-5-12)18(2)17(21)13-6-9-16(20)15(10-13)19(22)23/h4-11,20H,1-3H3/t11-/m1/s1. The molecule has 1 N–H and O–H groups in total. The Morgan fingerprint density at radius 2 is 1.88 bits per heavy atom. The Kier molecular flexibility index (Phi) is 5.03. The van der Waals surface area contributed by atoms with E-state index in [9.17, 15) is 20.0 Å². The largest absolute Gasteiger partial charge is 0.502 e. The number of nitrogens with zero attached hydrogens (tertiary/aromatic N) is 2. The Labute approximate surface area is 139 Å². The third kappa shape index (κ3) is 3.45. The van der Waals surface area contributed by atoms with Crippen LogP contribution in [0.4, 0.5) is 5.69 Å². The van der Waals surface area contributed by atoms with Crippen molar-refractivity contribution in [2.45, 2.75) is 13.0 Å². The number of hydrogen-bond donors (Lipinski definition) is 1. The fourth-order valence-electron chi connectivity index (χ4n) is 2.29. The predicted molar refractivity (Wildman–Crippen MR) is 88.3 cm³/mol. The summed E-state index contributed by atoms with van der Waals surface area (Å²) < 4.78 is 5.10. The van der Waals surface area contributed by atoms with Crippen molar-refractivity contribution >= 4 is 11.6 Å². The lowest BCUT2D eigenvalue weighted by Crippen LogP contribution is -2.29. The topological polar surface area (TPSA) is 92.9 Å². The molecule has 0 heterocycles. The van der Waals surface area contributed by atoms with E-state index in [0.29, 0.717) is 5.75 Å². The van der Waals surface area contributed by atoms with E-state index in [0.717, 1.165) is 17.7 Å². The van der Waals surface area contributed by atoms with Gasteiger partial charge in [-0.1, -0.05) is 12.1 Å². The van der Waals surface area contributed by atoms with Crippen LogP contribution < -0.4 is 4.74 Å². The van der Waals surface area contributed by atoms with Crippen molar-refractivity contribution in [2.75, 3.05) is 14.2 Å². The first kappa shape index (κ1) is 17.3. The second-order valence-corrected chi connectivity index (χ2v) is 5.33. The molecule has 24 heavy (non-hydrogen) atoms. The molecule has 0 bridgehead atoms. The lowest BCUT2D eigenvalue weighted by atomic mass is 10.1. The van der Waals surface area contributed by atoms with Gasteiger partial charge in [0, 0.05) is 18.7 Å². The van der Waals surface area contributed by atoms with Gasteiger partial charge in [0.05, 0.1) is 18.1 Å². The number of phenolic OH excluding ortho intramolecular Hbond substituents is 1. The number of carbonyl (C=O) groups excluding carboxylic acids is 1. The zero-order valence-electron chi connectivity index (χ0n) is 13.6. The summed E-state index contributed by atoms with van der Waals surface area (Å²) in [5.74, 6) is -0.127. The number of nitro groups is 1. The average Bonchev–Trinajstić information content (AvgIpc) is 2.60. The van der Waals surface area contributed by atoms with Gasteiger partial charge < -0.3 is 14.7 Å². The van der Waals surface area contributed by atoms with Crippen LogP contribution >= 0.6 is 0 Å². The lowest BCUT2D eigenvalue weighted by Gasteiger charge is -2.25. The normalized spacial score (nSPS) is 11.6. The van der Waals surface area contributed by atoms with E-state index in [1.165, 1.54) is 11.0 Å². The minimum absolute atomic E-state index is 0.141. The van der Waals surface area contributed by atoms with Gasteiger partial charge in [-0.05, 0) is 36.8 Å². The molecule has 2 rings (SSSR count). The Morgan fingerprint density at radius 1 is 1.25 bits per heavy atom. The SMILES string of the molecule is COc1ccc([C@@H](C)N(C)C(=O)c2ccc(O)c([N+](=O)[O-])c2)cc1. The van der Waals surface area contributed by atoms with Gasteiger partial charge in [0.25, 0.3) is 5.91 Å². The molecule has 0 radical (unpaired) electrons. The summed E-state index contributed by atoms with van der Waals surface area (Å²) in [6.07, 6.45) is 0. The molecule has 0 aliphatic rings. The van der Waals surface area contributed by atoms with Crippen molar-refractivity contribution in [3.63, 3.8) is 0 Å². The molecule has 126 valence electrons. The number of amides is 1. The van der Waals surface area contributed by atoms with Gasteiger partial charge >= 0.3 is 5.69 Å². The first-order chi connectivity index (χ1) is 11.3. The molecule has 0 aliphatic heterocycles. The molecule has 0 aliphatic carbocycles. The van der Waals surface area contributed by atoms with Gasteiger partial charge in [-0.3, -0.25) is 14.9 Å². The van der Waals surface area contributed by atoms with Crippen molar-refractivity contribution in [1.82, 2.24) is 4.90 Å². The summed E-state index contributed by atoms with van der Waals surface area (Å²) in [4.78, 5) is 24.2.